The predicted octanol–water partition coefficient (Wildman–Crippen LogP) is 1.49. The molecule has 3 heteroatoms. The highest BCUT2D eigenvalue weighted by Crippen LogP contribution is 1.66. The maximum atomic E-state index is 3.67. The van der Waals surface area contributed by atoms with E-state index in [-0.39, 0.29) is 0 Å². The van der Waals surface area contributed by atoms with Gasteiger partial charge in [-0.1, -0.05) is 15.9 Å². The third-order valence-corrected chi connectivity index (χ3v) is 0.478. The minimum atomic E-state index is 1.50. The van der Waals surface area contributed by atoms with Gasteiger partial charge in [-0.2, -0.15) is 0 Å². The molecule has 8 heavy (non-hydrogen) atoms. The molecule has 0 N–H and O–H groups in total. The summed E-state index contributed by atoms with van der Waals surface area (Å²) in [6.45, 7) is 0. The highest BCUT2D eigenvalue weighted by atomic mass is 79.9. The summed E-state index contributed by atoms with van der Waals surface area (Å²) in [7, 11) is 0. The smallest absolute Gasteiger partial charge is 0.115 e. The summed E-state index contributed by atoms with van der Waals surface area (Å²) in [5.41, 5.74) is 0. The predicted molar refractivity (Wildman–Crippen MR) is 36.9 cm³/mol. The van der Waals surface area contributed by atoms with E-state index in [0.29, 0.717) is 0 Å². The Morgan fingerprint density at radius 1 is 1.12 bits per heavy atom. The molecule has 0 aliphatic heterocycles. The van der Waals surface area contributed by atoms with Crippen molar-refractivity contribution >= 4 is 15.9 Å². The fraction of sp³-hybridized carbons (Fsp3) is 0.200. The fourth-order valence-corrected chi connectivity index (χ4v) is 0.253. The van der Waals surface area contributed by atoms with E-state index in [9.17, 15) is 0 Å². The standard InChI is InChI=1S/C4H4N2.CH3Br/c1-2-5-4-6-3-1;1-2/h1-4H;1H3. The molecule has 0 spiro atoms. The molecule has 0 fully saturated rings. The van der Waals surface area contributed by atoms with Crippen LogP contribution in [0.4, 0.5) is 0 Å². The number of aromatic nitrogens is 2. The first-order valence-corrected chi connectivity index (χ1v) is 3.66. The van der Waals surface area contributed by atoms with Crippen LogP contribution >= 0.6 is 15.9 Å². The summed E-state index contributed by atoms with van der Waals surface area (Å²) in [5.74, 6) is 1.81. The van der Waals surface area contributed by atoms with Gasteiger partial charge in [-0.15, -0.1) is 0 Å². The Balaban J connectivity index is 0.000000222. The van der Waals surface area contributed by atoms with Crippen molar-refractivity contribution in [2.24, 2.45) is 0 Å². The van der Waals surface area contributed by atoms with Crippen LogP contribution in [0.15, 0.2) is 24.8 Å². The van der Waals surface area contributed by atoms with Crippen LogP contribution in [0.5, 0.6) is 0 Å². The van der Waals surface area contributed by atoms with Gasteiger partial charge < -0.3 is 0 Å². The van der Waals surface area contributed by atoms with Crippen LogP contribution in [0, 0.1) is 0 Å². The van der Waals surface area contributed by atoms with Gasteiger partial charge >= 0.3 is 0 Å². The number of nitrogens with zero attached hydrogens (tertiary/aromatic N) is 2. The molecular formula is C5H7BrN2. The van der Waals surface area contributed by atoms with E-state index in [1.54, 1.807) is 18.5 Å². The average molecular weight is 175 g/mol. The van der Waals surface area contributed by atoms with Gasteiger partial charge in [0, 0.05) is 12.4 Å². The van der Waals surface area contributed by atoms with Crippen molar-refractivity contribution in [3.63, 3.8) is 0 Å². The summed E-state index contributed by atoms with van der Waals surface area (Å²) < 4.78 is 0. The molecule has 1 aromatic heterocycles. The Hall–Kier alpha value is -0.440. The minimum absolute atomic E-state index is 1.50. The number of alkyl halides is 1. The Labute approximate surface area is 57.1 Å². The lowest BCUT2D eigenvalue weighted by Crippen LogP contribution is -1.66. The zero-order valence-electron chi connectivity index (χ0n) is 4.58. The van der Waals surface area contributed by atoms with Crippen molar-refractivity contribution in [2.75, 3.05) is 5.83 Å². The summed E-state index contributed by atoms with van der Waals surface area (Å²) in [5, 5.41) is 0. The van der Waals surface area contributed by atoms with Gasteiger partial charge in [0.15, 0.2) is 0 Å². The maximum absolute atomic E-state index is 3.67. The average Bonchev–Trinajstić information content (AvgIpc) is 1.96. The molecule has 1 rings (SSSR count). The van der Waals surface area contributed by atoms with Crippen LogP contribution in [0.1, 0.15) is 0 Å². The van der Waals surface area contributed by atoms with Crippen molar-refractivity contribution < 1.29 is 0 Å². The van der Waals surface area contributed by atoms with Crippen LogP contribution in [0.2, 0.25) is 0 Å². The molecule has 0 atom stereocenters. The number of hydrogen-bond donors (Lipinski definition) is 0. The van der Waals surface area contributed by atoms with Crippen molar-refractivity contribution in [1.82, 2.24) is 9.97 Å². The second-order valence-electron chi connectivity index (χ2n) is 0.904. The SMILES string of the molecule is CBr.c1cncnc1. The van der Waals surface area contributed by atoms with Crippen molar-refractivity contribution in [1.29, 1.82) is 0 Å². The molecule has 0 unspecified atom stereocenters. The van der Waals surface area contributed by atoms with Gasteiger partial charge in [0.05, 0.1) is 0 Å². The van der Waals surface area contributed by atoms with Gasteiger partial charge in [0.2, 0.25) is 0 Å². The van der Waals surface area contributed by atoms with E-state index in [1.165, 1.54) is 6.33 Å². The van der Waals surface area contributed by atoms with E-state index < -0.39 is 0 Å². The number of rotatable bonds is 0. The lowest BCUT2D eigenvalue weighted by molar-refractivity contribution is 1.17. The summed E-state index contributed by atoms with van der Waals surface area (Å²) in [6.07, 6.45) is 4.88. The first-order chi connectivity index (χ1) is 4.00. The van der Waals surface area contributed by atoms with E-state index >= 15 is 0 Å². The molecule has 0 bridgehead atoms. The van der Waals surface area contributed by atoms with Crippen LogP contribution < -0.4 is 0 Å². The molecule has 0 saturated heterocycles. The van der Waals surface area contributed by atoms with Gasteiger partial charge in [-0.05, 0) is 11.9 Å². The van der Waals surface area contributed by atoms with Gasteiger partial charge in [-0.3, -0.25) is 0 Å². The van der Waals surface area contributed by atoms with Crippen molar-refractivity contribution in [2.45, 2.75) is 0 Å². The lowest BCUT2D eigenvalue weighted by atomic mass is 10.7. The Morgan fingerprint density at radius 3 is 1.75 bits per heavy atom. The Bertz CT molecular complexity index is 82.4. The quantitative estimate of drug-likeness (QED) is 0.558. The van der Waals surface area contributed by atoms with E-state index in [4.69, 9.17) is 0 Å². The maximum Gasteiger partial charge on any atom is 0.115 e. The molecule has 0 aromatic carbocycles. The lowest BCUT2D eigenvalue weighted by Gasteiger charge is -1.70. The highest BCUT2D eigenvalue weighted by Gasteiger charge is 1.59. The molecule has 1 aromatic rings. The molecule has 0 aliphatic carbocycles. The van der Waals surface area contributed by atoms with E-state index in [1.807, 2.05) is 5.83 Å². The second-order valence-corrected chi connectivity index (χ2v) is 0.904. The van der Waals surface area contributed by atoms with E-state index in [0.717, 1.165) is 0 Å². The minimum Gasteiger partial charge on any atom is -0.245 e. The zero-order chi connectivity index (χ0) is 6.24. The third-order valence-electron chi connectivity index (χ3n) is 0.478. The molecule has 0 saturated carbocycles. The van der Waals surface area contributed by atoms with Gasteiger partial charge in [0.1, 0.15) is 6.33 Å². The number of hydrogen-bond acceptors (Lipinski definition) is 2. The first kappa shape index (κ1) is 7.56. The highest BCUT2D eigenvalue weighted by molar-refractivity contribution is 9.08. The summed E-state index contributed by atoms with van der Waals surface area (Å²) >= 11 is 2.94. The number of halogens is 1. The molecule has 44 valence electrons. The topological polar surface area (TPSA) is 25.8 Å². The Kier molecular flexibility index (Phi) is 6.20. The Morgan fingerprint density at radius 2 is 1.62 bits per heavy atom. The largest absolute Gasteiger partial charge is 0.245 e. The monoisotopic (exact) mass is 174 g/mol. The zero-order valence-corrected chi connectivity index (χ0v) is 6.17. The molecule has 1 heterocycles. The first-order valence-electron chi connectivity index (χ1n) is 2.08. The van der Waals surface area contributed by atoms with Crippen molar-refractivity contribution in [3.8, 4) is 0 Å². The molecule has 0 amide bonds. The molecular weight excluding hydrogens is 168 g/mol. The van der Waals surface area contributed by atoms with Gasteiger partial charge in [-0.25, -0.2) is 9.97 Å². The van der Waals surface area contributed by atoms with E-state index in [2.05, 4.69) is 25.9 Å². The second kappa shape index (κ2) is 6.56. The van der Waals surface area contributed by atoms with Crippen LogP contribution in [-0.4, -0.2) is 15.8 Å². The normalized spacial score (nSPS) is 6.75. The van der Waals surface area contributed by atoms with Crippen LogP contribution in [0.3, 0.4) is 0 Å². The third kappa shape index (κ3) is 3.74. The van der Waals surface area contributed by atoms with Crippen LogP contribution in [-0.2, 0) is 0 Å². The summed E-state index contributed by atoms with van der Waals surface area (Å²) in [4.78, 5) is 7.35. The molecule has 2 nitrogen and oxygen atoms in total. The van der Waals surface area contributed by atoms with Gasteiger partial charge in [0.25, 0.3) is 0 Å². The van der Waals surface area contributed by atoms with Crippen molar-refractivity contribution in [3.05, 3.63) is 24.8 Å². The fourth-order valence-electron chi connectivity index (χ4n) is 0.253. The molecule has 0 aliphatic rings. The van der Waals surface area contributed by atoms with Crippen LogP contribution in [0.25, 0.3) is 0 Å². The molecule has 0 radical (unpaired) electrons. The summed E-state index contributed by atoms with van der Waals surface area (Å²) in [6, 6.07) is 1.78.